The summed E-state index contributed by atoms with van der Waals surface area (Å²) in [5.74, 6) is -0.531. The Balaban J connectivity index is 1.93. The largest absolute Gasteiger partial charge is 0.402 e. The summed E-state index contributed by atoms with van der Waals surface area (Å²) in [7, 11) is 0. The van der Waals surface area contributed by atoms with Gasteiger partial charge >= 0.3 is 5.97 Å². The van der Waals surface area contributed by atoms with Gasteiger partial charge in [-0.05, 0) is 29.8 Å². The number of ether oxygens (including phenoxy) is 1. The van der Waals surface area contributed by atoms with Crippen LogP contribution >= 0.6 is 15.9 Å². The van der Waals surface area contributed by atoms with Gasteiger partial charge in [-0.15, -0.1) is 0 Å². The Kier molecular flexibility index (Phi) is 4.03. The molecular weight excluding hydrogens is 364 g/mol. The highest BCUT2D eigenvalue weighted by Crippen LogP contribution is 2.22. The fraction of sp³-hybridized carbons (Fsp3) is 0. The second-order valence-electron chi connectivity index (χ2n) is 4.70. The zero-order valence-corrected chi connectivity index (χ0v) is 13.2. The molecule has 6 nitrogen and oxygen atoms in total. The quantitative estimate of drug-likeness (QED) is 0.356. The summed E-state index contributed by atoms with van der Waals surface area (Å²) in [6.07, 6.45) is 1.60. The minimum atomic E-state index is -0.588. The molecule has 0 fully saturated rings. The van der Waals surface area contributed by atoms with Crippen LogP contribution in [0.1, 0.15) is 11.1 Å². The van der Waals surface area contributed by atoms with E-state index >= 15 is 0 Å². The molecule has 0 amide bonds. The molecule has 23 heavy (non-hydrogen) atoms. The van der Waals surface area contributed by atoms with Gasteiger partial charge in [0.25, 0.3) is 5.69 Å². The summed E-state index contributed by atoms with van der Waals surface area (Å²) >= 11 is 3.33. The van der Waals surface area contributed by atoms with Crippen molar-refractivity contribution in [1.82, 2.24) is 0 Å². The van der Waals surface area contributed by atoms with Crippen molar-refractivity contribution in [3.63, 3.8) is 0 Å². The number of non-ortho nitro benzene ring substituents is 1. The molecule has 0 N–H and O–H groups in total. The molecule has 0 saturated heterocycles. The van der Waals surface area contributed by atoms with Crippen molar-refractivity contribution in [2.24, 2.45) is 4.99 Å². The molecule has 3 rings (SSSR count). The van der Waals surface area contributed by atoms with E-state index in [1.54, 1.807) is 12.1 Å². The lowest BCUT2D eigenvalue weighted by molar-refractivity contribution is -0.384. The van der Waals surface area contributed by atoms with Crippen LogP contribution in [-0.4, -0.2) is 16.8 Å². The van der Waals surface area contributed by atoms with Crippen LogP contribution < -0.4 is 0 Å². The third kappa shape index (κ3) is 3.35. The number of esters is 1. The van der Waals surface area contributed by atoms with Gasteiger partial charge in [-0.1, -0.05) is 34.1 Å². The van der Waals surface area contributed by atoms with E-state index in [-0.39, 0.29) is 17.3 Å². The monoisotopic (exact) mass is 372 g/mol. The second-order valence-corrected chi connectivity index (χ2v) is 5.61. The van der Waals surface area contributed by atoms with Gasteiger partial charge in [0, 0.05) is 22.2 Å². The first-order chi connectivity index (χ1) is 11.0. The van der Waals surface area contributed by atoms with E-state index in [0.29, 0.717) is 5.56 Å². The minimum Gasteiger partial charge on any atom is -0.402 e. The summed E-state index contributed by atoms with van der Waals surface area (Å²) in [6.45, 7) is 0. The van der Waals surface area contributed by atoms with Gasteiger partial charge in [-0.2, -0.15) is 0 Å². The zero-order valence-electron chi connectivity index (χ0n) is 11.6. The Morgan fingerprint density at radius 2 is 1.91 bits per heavy atom. The number of rotatable bonds is 3. The first-order valence-electron chi connectivity index (χ1n) is 6.56. The molecule has 0 saturated carbocycles. The highest BCUT2D eigenvalue weighted by atomic mass is 79.9. The first-order valence-corrected chi connectivity index (χ1v) is 7.35. The standard InChI is InChI=1S/C16H9BrN2O4/c17-12-6-4-10(5-7-12)8-14-16(20)23-15(18-14)11-2-1-3-13(9-11)19(21)22/h1-9H/b14-8+. The van der Waals surface area contributed by atoms with Gasteiger partial charge in [0.2, 0.25) is 5.90 Å². The maximum absolute atomic E-state index is 11.9. The van der Waals surface area contributed by atoms with Crippen molar-refractivity contribution < 1.29 is 14.5 Å². The molecule has 1 aliphatic rings. The Bertz CT molecular complexity index is 857. The van der Waals surface area contributed by atoms with Gasteiger partial charge in [0.05, 0.1) is 4.92 Å². The van der Waals surface area contributed by atoms with Gasteiger partial charge < -0.3 is 4.74 Å². The number of aliphatic imine (C=N–C) groups is 1. The molecule has 1 aliphatic heterocycles. The predicted octanol–water partition coefficient (Wildman–Crippen LogP) is 3.70. The number of cyclic esters (lactones) is 1. The van der Waals surface area contributed by atoms with E-state index in [0.717, 1.165) is 10.0 Å². The fourth-order valence-electron chi connectivity index (χ4n) is 2.00. The van der Waals surface area contributed by atoms with Gasteiger partial charge in [-0.25, -0.2) is 9.79 Å². The molecule has 0 aliphatic carbocycles. The van der Waals surface area contributed by atoms with Crippen molar-refractivity contribution >= 4 is 39.6 Å². The Morgan fingerprint density at radius 1 is 1.17 bits per heavy atom. The molecule has 1 heterocycles. The van der Waals surface area contributed by atoms with Crippen LogP contribution in [0.2, 0.25) is 0 Å². The first kappa shape index (κ1) is 15.1. The van der Waals surface area contributed by atoms with Gasteiger partial charge in [0.15, 0.2) is 5.70 Å². The van der Waals surface area contributed by atoms with Crippen molar-refractivity contribution in [2.45, 2.75) is 0 Å². The fourth-order valence-corrected chi connectivity index (χ4v) is 2.27. The summed E-state index contributed by atoms with van der Waals surface area (Å²) in [5, 5.41) is 10.8. The van der Waals surface area contributed by atoms with Crippen LogP contribution in [0.3, 0.4) is 0 Å². The number of carbonyl (C=O) groups is 1. The van der Waals surface area contributed by atoms with Crippen LogP contribution in [0, 0.1) is 10.1 Å². The van der Waals surface area contributed by atoms with E-state index in [1.807, 2.05) is 24.3 Å². The van der Waals surface area contributed by atoms with Gasteiger partial charge in [0.1, 0.15) is 0 Å². The van der Waals surface area contributed by atoms with E-state index in [4.69, 9.17) is 4.74 Å². The van der Waals surface area contributed by atoms with Gasteiger partial charge in [-0.3, -0.25) is 10.1 Å². The van der Waals surface area contributed by atoms with Crippen LogP contribution in [-0.2, 0) is 9.53 Å². The third-order valence-corrected chi connectivity index (χ3v) is 3.63. The van der Waals surface area contributed by atoms with E-state index in [1.165, 1.54) is 18.2 Å². The lowest BCUT2D eigenvalue weighted by Crippen LogP contribution is -2.05. The smallest absolute Gasteiger partial charge is 0.363 e. The number of nitro groups is 1. The van der Waals surface area contributed by atoms with E-state index < -0.39 is 10.9 Å². The molecule has 0 aromatic heterocycles. The molecule has 0 bridgehead atoms. The average molecular weight is 373 g/mol. The highest BCUT2D eigenvalue weighted by molar-refractivity contribution is 9.10. The minimum absolute atomic E-state index is 0.0575. The number of nitro benzene ring substituents is 1. The number of carbonyl (C=O) groups excluding carboxylic acids is 1. The van der Waals surface area contributed by atoms with Crippen LogP contribution in [0.25, 0.3) is 6.08 Å². The average Bonchev–Trinajstić information content (AvgIpc) is 2.91. The molecule has 0 radical (unpaired) electrons. The molecule has 7 heteroatoms. The van der Waals surface area contributed by atoms with Crippen molar-refractivity contribution in [2.75, 3.05) is 0 Å². The normalized spacial score (nSPS) is 15.4. The summed E-state index contributed by atoms with van der Waals surface area (Å²) in [5.41, 5.74) is 1.23. The van der Waals surface area contributed by atoms with Crippen LogP contribution in [0.5, 0.6) is 0 Å². The number of benzene rings is 2. The number of hydrogen-bond acceptors (Lipinski definition) is 5. The lowest BCUT2D eigenvalue weighted by Gasteiger charge is -1.98. The van der Waals surface area contributed by atoms with E-state index in [9.17, 15) is 14.9 Å². The molecule has 2 aromatic carbocycles. The molecule has 0 atom stereocenters. The Morgan fingerprint density at radius 3 is 2.61 bits per heavy atom. The Labute approximate surface area is 139 Å². The van der Waals surface area contributed by atoms with Crippen molar-refractivity contribution in [1.29, 1.82) is 0 Å². The summed E-state index contributed by atoms with van der Waals surface area (Å²) < 4.78 is 6.03. The van der Waals surface area contributed by atoms with Crippen LogP contribution in [0.15, 0.2) is 63.7 Å². The van der Waals surface area contributed by atoms with Crippen molar-refractivity contribution in [3.8, 4) is 0 Å². The molecular formula is C16H9BrN2O4. The predicted molar refractivity (Wildman–Crippen MR) is 87.8 cm³/mol. The Hall–Kier alpha value is -2.80. The zero-order chi connectivity index (χ0) is 16.4. The lowest BCUT2D eigenvalue weighted by atomic mass is 10.2. The molecule has 0 spiro atoms. The molecule has 2 aromatic rings. The number of hydrogen-bond donors (Lipinski definition) is 0. The summed E-state index contributed by atoms with van der Waals surface area (Å²) in [4.78, 5) is 26.3. The SMILES string of the molecule is O=C1OC(c2cccc([N+](=O)[O-])c2)=N/C1=C/c1ccc(Br)cc1. The second kappa shape index (κ2) is 6.13. The maximum Gasteiger partial charge on any atom is 0.363 e. The number of nitrogens with zero attached hydrogens (tertiary/aromatic N) is 2. The highest BCUT2D eigenvalue weighted by Gasteiger charge is 2.25. The third-order valence-electron chi connectivity index (χ3n) is 3.10. The maximum atomic E-state index is 11.9. The van der Waals surface area contributed by atoms with Crippen LogP contribution in [0.4, 0.5) is 5.69 Å². The van der Waals surface area contributed by atoms with E-state index in [2.05, 4.69) is 20.9 Å². The molecule has 0 unspecified atom stereocenters. The number of halogens is 1. The molecule has 114 valence electrons. The topological polar surface area (TPSA) is 81.8 Å². The van der Waals surface area contributed by atoms with Crippen molar-refractivity contribution in [3.05, 3.63) is 79.9 Å². The summed E-state index contributed by atoms with van der Waals surface area (Å²) in [6, 6.07) is 13.1.